The Morgan fingerprint density at radius 1 is 1.18 bits per heavy atom. The summed E-state index contributed by atoms with van der Waals surface area (Å²) < 4.78 is 12.2. The van der Waals surface area contributed by atoms with Gasteiger partial charge in [0.05, 0.1) is 19.3 Å². The molecule has 0 atom stereocenters. The molecule has 0 radical (unpaired) electrons. The summed E-state index contributed by atoms with van der Waals surface area (Å²) in [6, 6.07) is 9.68. The van der Waals surface area contributed by atoms with E-state index in [-0.39, 0.29) is 5.91 Å². The molecule has 2 aromatic rings. The average molecular weight is 302 g/mol. The summed E-state index contributed by atoms with van der Waals surface area (Å²) in [5.74, 6) is 0.730. The summed E-state index contributed by atoms with van der Waals surface area (Å²) in [4.78, 5) is 12.2. The van der Waals surface area contributed by atoms with E-state index in [2.05, 4.69) is 9.88 Å². The van der Waals surface area contributed by atoms with Crippen LogP contribution < -0.4 is 10.1 Å². The Balaban J connectivity index is 2.28. The van der Waals surface area contributed by atoms with Gasteiger partial charge in [0.1, 0.15) is 5.75 Å². The Morgan fingerprint density at radius 3 is 2.45 bits per heavy atom. The fourth-order valence-corrected chi connectivity index (χ4v) is 2.48. The minimum absolute atomic E-state index is 0.0788. The SMILES string of the molecule is COCCNC(=O)c1cc(C)n(-c2ccc(OC)cc2)c1C. The second-order valence-electron chi connectivity index (χ2n) is 5.07. The molecular weight excluding hydrogens is 280 g/mol. The lowest BCUT2D eigenvalue weighted by Crippen LogP contribution is -2.27. The van der Waals surface area contributed by atoms with Gasteiger partial charge in [0, 0.05) is 30.7 Å². The van der Waals surface area contributed by atoms with E-state index in [1.807, 2.05) is 44.2 Å². The number of ether oxygens (including phenoxy) is 2. The molecule has 118 valence electrons. The Morgan fingerprint density at radius 2 is 1.86 bits per heavy atom. The third kappa shape index (κ3) is 3.31. The monoisotopic (exact) mass is 302 g/mol. The van der Waals surface area contributed by atoms with Crippen molar-refractivity contribution in [3.63, 3.8) is 0 Å². The van der Waals surface area contributed by atoms with Gasteiger partial charge in [-0.25, -0.2) is 0 Å². The molecule has 0 fully saturated rings. The fourth-order valence-electron chi connectivity index (χ4n) is 2.48. The average Bonchev–Trinajstić information content (AvgIpc) is 2.82. The lowest BCUT2D eigenvalue weighted by molar-refractivity contribution is 0.0936. The van der Waals surface area contributed by atoms with Crippen LogP contribution >= 0.6 is 0 Å². The topological polar surface area (TPSA) is 52.5 Å². The van der Waals surface area contributed by atoms with E-state index in [1.165, 1.54) is 0 Å². The number of benzene rings is 1. The van der Waals surface area contributed by atoms with Gasteiger partial charge in [-0.2, -0.15) is 0 Å². The van der Waals surface area contributed by atoms with Crippen LogP contribution in [0.15, 0.2) is 30.3 Å². The fraction of sp³-hybridized carbons (Fsp3) is 0.353. The first kappa shape index (κ1) is 16.1. The zero-order valence-corrected chi connectivity index (χ0v) is 13.5. The van der Waals surface area contributed by atoms with Crippen molar-refractivity contribution in [2.75, 3.05) is 27.4 Å². The van der Waals surface area contributed by atoms with Crippen molar-refractivity contribution in [1.82, 2.24) is 9.88 Å². The quantitative estimate of drug-likeness (QED) is 0.834. The van der Waals surface area contributed by atoms with Crippen LogP contribution in [0.4, 0.5) is 0 Å². The van der Waals surface area contributed by atoms with Crippen LogP contribution in [0.5, 0.6) is 5.75 Å². The number of aromatic nitrogens is 1. The number of methoxy groups -OCH3 is 2. The van der Waals surface area contributed by atoms with Crippen molar-refractivity contribution in [3.8, 4) is 11.4 Å². The van der Waals surface area contributed by atoms with Gasteiger partial charge < -0.3 is 19.4 Å². The van der Waals surface area contributed by atoms with Crippen molar-refractivity contribution in [1.29, 1.82) is 0 Å². The lowest BCUT2D eigenvalue weighted by Gasteiger charge is -2.11. The normalized spacial score (nSPS) is 10.5. The van der Waals surface area contributed by atoms with Gasteiger partial charge >= 0.3 is 0 Å². The summed E-state index contributed by atoms with van der Waals surface area (Å²) in [7, 11) is 3.26. The Kier molecular flexibility index (Phi) is 5.22. The first-order valence-electron chi connectivity index (χ1n) is 7.19. The molecule has 22 heavy (non-hydrogen) atoms. The van der Waals surface area contributed by atoms with E-state index in [4.69, 9.17) is 9.47 Å². The molecule has 0 bridgehead atoms. The van der Waals surface area contributed by atoms with Crippen LogP contribution in [0.2, 0.25) is 0 Å². The molecule has 0 aliphatic heterocycles. The molecule has 1 heterocycles. The van der Waals surface area contributed by atoms with Gasteiger partial charge in [-0.1, -0.05) is 0 Å². The van der Waals surface area contributed by atoms with Crippen molar-refractivity contribution >= 4 is 5.91 Å². The van der Waals surface area contributed by atoms with Crippen molar-refractivity contribution in [3.05, 3.63) is 47.3 Å². The smallest absolute Gasteiger partial charge is 0.253 e. The zero-order valence-electron chi connectivity index (χ0n) is 13.5. The van der Waals surface area contributed by atoms with E-state index in [1.54, 1.807) is 14.2 Å². The molecular formula is C17H22N2O3. The summed E-state index contributed by atoms with van der Waals surface area (Å²) in [6.07, 6.45) is 0. The Labute approximate surface area is 130 Å². The number of hydrogen-bond donors (Lipinski definition) is 1. The molecule has 5 nitrogen and oxygen atoms in total. The van der Waals surface area contributed by atoms with E-state index in [9.17, 15) is 4.79 Å². The van der Waals surface area contributed by atoms with Gasteiger partial charge in [0.15, 0.2) is 0 Å². The molecule has 1 aromatic heterocycles. The second kappa shape index (κ2) is 7.13. The predicted octanol–water partition coefficient (Wildman–Crippen LogP) is 2.48. The number of nitrogens with zero attached hydrogens (tertiary/aromatic N) is 1. The second-order valence-corrected chi connectivity index (χ2v) is 5.07. The summed E-state index contributed by atoms with van der Waals surface area (Å²) in [5, 5.41) is 2.85. The van der Waals surface area contributed by atoms with Gasteiger partial charge in [0.25, 0.3) is 5.91 Å². The molecule has 0 spiro atoms. The van der Waals surface area contributed by atoms with Crippen LogP contribution in [-0.2, 0) is 4.74 Å². The van der Waals surface area contributed by atoms with E-state index >= 15 is 0 Å². The van der Waals surface area contributed by atoms with E-state index in [0.717, 1.165) is 22.8 Å². The standard InChI is InChI=1S/C17H22N2O3/c1-12-11-16(17(20)18-9-10-21-3)13(2)19(12)14-5-7-15(22-4)8-6-14/h5-8,11H,9-10H2,1-4H3,(H,18,20). The van der Waals surface area contributed by atoms with Gasteiger partial charge in [-0.3, -0.25) is 4.79 Å². The molecule has 1 aromatic carbocycles. The molecule has 0 unspecified atom stereocenters. The molecule has 1 N–H and O–H groups in total. The minimum Gasteiger partial charge on any atom is -0.497 e. The zero-order chi connectivity index (χ0) is 16.1. The van der Waals surface area contributed by atoms with Crippen LogP contribution in [0.3, 0.4) is 0 Å². The molecule has 2 rings (SSSR count). The summed E-state index contributed by atoms with van der Waals surface area (Å²) in [5.41, 5.74) is 3.62. The number of nitrogens with one attached hydrogen (secondary N) is 1. The Hall–Kier alpha value is -2.27. The van der Waals surface area contributed by atoms with Crippen LogP contribution in [0.1, 0.15) is 21.7 Å². The highest BCUT2D eigenvalue weighted by Gasteiger charge is 2.16. The third-order valence-electron chi connectivity index (χ3n) is 3.60. The van der Waals surface area contributed by atoms with E-state index < -0.39 is 0 Å². The number of carbonyl (C=O) groups excluding carboxylic acids is 1. The first-order valence-corrected chi connectivity index (χ1v) is 7.19. The molecule has 0 aliphatic rings. The molecule has 5 heteroatoms. The molecule has 1 amide bonds. The van der Waals surface area contributed by atoms with Crippen LogP contribution in [0.25, 0.3) is 5.69 Å². The van der Waals surface area contributed by atoms with Gasteiger partial charge in [-0.15, -0.1) is 0 Å². The molecule has 0 aliphatic carbocycles. The molecule has 0 saturated heterocycles. The summed E-state index contributed by atoms with van der Waals surface area (Å²) in [6.45, 7) is 4.94. The van der Waals surface area contributed by atoms with Crippen molar-refractivity contribution < 1.29 is 14.3 Å². The predicted molar refractivity (Wildman–Crippen MR) is 86.0 cm³/mol. The molecule has 0 saturated carbocycles. The van der Waals surface area contributed by atoms with Crippen molar-refractivity contribution in [2.24, 2.45) is 0 Å². The highest BCUT2D eigenvalue weighted by atomic mass is 16.5. The maximum Gasteiger partial charge on any atom is 0.253 e. The van der Waals surface area contributed by atoms with Crippen LogP contribution in [0, 0.1) is 13.8 Å². The number of carbonyl (C=O) groups is 1. The first-order chi connectivity index (χ1) is 10.6. The minimum atomic E-state index is -0.0788. The lowest BCUT2D eigenvalue weighted by atomic mass is 10.2. The highest BCUT2D eigenvalue weighted by Crippen LogP contribution is 2.22. The third-order valence-corrected chi connectivity index (χ3v) is 3.60. The van der Waals surface area contributed by atoms with Gasteiger partial charge in [0.2, 0.25) is 0 Å². The maximum absolute atomic E-state index is 12.2. The number of aryl methyl sites for hydroxylation is 1. The Bertz CT molecular complexity index is 645. The van der Waals surface area contributed by atoms with E-state index in [0.29, 0.717) is 18.7 Å². The maximum atomic E-state index is 12.2. The van der Waals surface area contributed by atoms with Crippen LogP contribution in [-0.4, -0.2) is 37.8 Å². The number of amides is 1. The largest absolute Gasteiger partial charge is 0.497 e. The van der Waals surface area contributed by atoms with Crippen molar-refractivity contribution in [2.45, 2.75) is 13.8 Å². The highest BCUT2D eigenvalue weighted by molar-refractivity contribution is 5.95. The van der Waals surface area contributed by atoms with Gasteiger partial charge in [-0.05, 0) is 44.2 Å². The summed E-state index contributed by atoms with van der Waals surface area (Å²) >= 11 is 0. The number of hydrogen-bond acceptors (Lipinski definition) is 3. The number of rotatable bonds is 6.